The number of ether oxygens (including phenoxy) is 2. The number of halogens is 3. The van der Waals surface area contributed by atoms with Crippen LogP contribution in [0.15, 0.2) is 30.3 Å². The highest BCUT2D eigenvalue weighted by molar-refractivity contribution is 6.74. The first-order valence-corrected chi connectivity index (χ1v) is 19.5. The first-order valence-electron chi connectivity index (χ1n) is 16.6. The largest absolute Gasteiger partial charge is 0.416 e. The summed E-state index contributed by atoms with van der Waals surface area (Å²) in [5, 5.41) is 12.3. The van der Waals surface area contributed by atoms with E-state index in [1.54, 1.807) is 0 Å². The van der Waals surface area contributed by atoms with Crippen LogP contribution >= 0.6 is 0 Å². The fourth-order valence-corrected chi connectivity index (χ4v) is 8.72. The first-order chi connectivity index (χ1) is 21.2. The lowest BCUT2D eigenvalue weighted by Gasteiger charge is -2.51. The predicted octanol–water partition coefficient (Wildman–Crippen LogP) is 9.06. The van der Waals surface area contributed by atoms with E-state index in [-0.39, 0.29) is 22.5 Å². The quantitative estimate of drug-likeness (QED) is 0.318. The minimum atomic E-state index is -4.45. The van der Waals surface area contributed by atoms with Gasteiger partial charge in [-0.3, -0.25) is 4.98 Å². The van der Waals surface area contributed by atoms with Crippen molar-refractivity contribution in [3.8, 4) is 0 Å². The summed E-state index contributed by atoms with van der Waals surface area (Å²) in [6.07, 6.45) is 3.99. The summed E-state index contributed by atoms with van der Waals surface area (Å²) in [5.74, 6) is 0.0846. The van der Waals surface area contributed by atoms with Crippen LogP contribution in [0.2, 0.25) is 18.1 Å². The van der Waals surface area contributed by atoms with Gasteiger partial charge >= 0.3 is 6.18 Å². The van der Waals surface area contributed by atoms with Gasteiger partial charge in [-0.15, -0.1) is 0 Å². The molecule has 2 aliphatic carbocycles. The van der Waals surface area contributed by atoms with Gasteiger partial charge in [-0.05, 0) is 97.3 Å². The lowest BCUT2D eigenvalue weighted by atomic mass is 9.59. The van der Waals surface area contributed by atoms with E-state index in [1.807, 2.05) is 0 Å². The minimum absolute atomic E-state index is 0.00748. The number of aliphatic hydroxyl groups excluding tert-OH is 1. The number of aromatic nitrogens is 1. The third-order valence-corrected chi connectivity index (χ3v) is 15.7. The number of pyridine rings is 1. The number of nitrogens with zero attached hydrogens (tertiary/aromatic N) is 1. The van der Waals surface area contributed by atoms with Crippen LogP contribution in [0.1, 0.15) is 123 Å². The lowest BCUT2D eigenvalue weighted by Crippen LogP contribution is -2.46. The average Bonchev–Trinajstić information content (AvgIpc) is 2.98. The molecule has 4 aliphatic rings. The monoisotopic (exact) mass is 643 g/mol. The van der Waals surface area contributed by atoms with Crippen LogP contribution < -0.4 is 0 Å². The van der Waals surface area contributed by atoms with Crippen molar-refractivity contribution in [1.29, 1.82) is 0 Å². The molecule has 1 N–H and O–H groups in total. The maximum absolute atomic E-state index is 13.5. The Morgan fingerprint density at radius 3 is 2.27 bits per heavy atom. The molecule has 0 radical (unpaired) electrons. The molecule has 0 amide bonds. The van der Waals surface area contributed by atoms with Crippen LogP contribution in [-0.4, -0.2) is 44.8 Å². The standard InChI is InChI=1S/C36H48F3NO4Si/c1-34(2,3)45(4,5)44-28-22-35(15-6-16-35)21-27-30(28)29(23-11-17-42-18-12-23)31(32(40-27)24-13-19-43-20-14-24)33(41)25-7-9-26(10-8-25)36(37,38)39/h7-11,24,28,33,41H,6,12-22H2,1-5H3/t28-,33?/m1/s1. The van der Waals surface area contributed by atoms with E-state index in [0.29, 0.717) is 38.4 Å². The smallest absolute Gasteiger partial charge is 0.410 e. The van der Waals surface area contributed by atoms with E-state index >= 15 is 0 Å². The number of fused-ring (bicyclic) bond motifs is 1. The molecule has 1 unspecified atom stereocenters. The number of aliphatic hydroxyl groups is 1. The zero-order valence-corrected chi connectivity index (χ0v) is 28.4. The van der Waals surface area contributed by atoms with Crippen molar-refractivity contribution in [2.45, 2.75) is 115 Å². The van der Waals surface area contributed by atoms with Gasteiger partial charge in [-0.25, -0.2) is 0 Å². The second-order valence-corrected chi connectivity index (χ2v) is 20.0. The summed E-state index contributed by atoms with van der Waals surface area (Å²) in [6, 6.07) is 4.96. The number of hydrogen-bond donors (Lipinski definition) is 1. The van der Waals surface area contributed by atoms with E-state index in [1.165, 1.54) is 31.4 Å². The predicted molar refractivity (Wildman–Crippen MR) is 172 cm³/mol. The van der Waals surface area contributed by atoms with E-state index in [4.69, 9.17) is 18.9 Å². The van der Waals surface area contributed by atoms with Gasteiger partial charge < -0.3 is 19.0 Å². The Balaban J connectivity index is 1.59. The van der Waals surface area contributed by atoms with Crippen molar-refractivity contribution in [2.24, 2.45) is 5.41 Å². The van der Waals surface area contributed by atoms with Gasteiger partial charge in [-0.2, -0.15) is 13.2 Å². The molecular formula is C36H48F3NO4Si. The third-order valence-electron chi connectivity index (χ3n) is 11.2. The normalized spacial score (nSPS) is 23.3. The summed E-state index contributed by atoms with van der Waals surface area (Å²) in [5.41, 5.74) is 5.75. The highest BCUT2D eigenvalue weighted by Gasteiger charge is 2.49. The van der Waals surface area contributed by atoms with Gasteiger partial charge in [0.15, 0.2) is 8.32 Å². The van der Waals surface area contributed by atoms with E-state index in [0.717, 1.165) is 71.5 Å². The lowest BCUT2D eigenvalue weighted by molar-refractivity contribution is -0.137. The van der Waals surface area contributed by atoms with Gasteiger partial charge in [0.1, 0.15) is 6.10 Å². The Hall–Kier alpha value is -2.04. The minimum Gasteiger partial charge on any atom is -0.410 e. The molecule has 45 heavy (non-hydrogen) atoms. The summed E-state index contributed by atoms with van der Waals surface area (Å²) in [7, 11) is -2.22. The number of benzene rings is 1. The van der Waals surface area contributed by atoms with Crippen molar-refractivity contribution < 1.29 is 32.2 Å². The molecule has 1 spiro atoms. The summed E-state index contributed by atoms with van der Waals surface area (Å²) in [4.78, 5) is 5.50. The molecule has 246 valence electrons. The fourth-order valence-electron chi connectivity index (χ4n) is 7.46. The van der Waals surface area contributed by atoms with Crippen molar-refractivity contribution >= 4 is 13.9 Å². The van der Waals surface area contributed by atoms with Crippen LogP contribution in [0.3, 0.4) is 0 Å². The Morgan fingerprint density at radius 2 is 1.71 bits per heavy atom. The number of hydrogen-bond acceptors (Lipinski definition) is 5. The maximum atomic E-state index is 13.5. The van der Waals surface area contributed by atoms with E-state index in [9.17, 15) is 18.3 Å². The summed E-state index contributed by atoms with van der Waals surface area (Å²) in [6.45, 7) is 13.7. The molecule has 1 saturated heterocycles. The highest BCUT2D eigenvalue weighted by Crippen LogP contribution is 2.58. The topological polar surface area (TPSA) is 60.8 Å². The second-order valence-electron chi connectivity index (χ2n) is 15.2. The Labute approximate surface area is 266 Å². The SMILES string of the molecule is CC(C)(C)[Si](C)(C)O[C@@H]1CC2(CCC2)Cc2nc(C3CCOCC3)c(C(O)c3ccc(C(F)(F)F)cc3)c(C3=CCOCC3)c21. The average molecular weight is 644 g/mol. The van der Waals surface area contributed by atoms with Crippen molar-refractivity contribution in [3.05, 3.63) is 69.5 Å². The summed E-state index contributed by atoms with van der Waals surface area (Å²) < 4.78 is 59.3. The number of rotatable bonds is 6. The summed E-state index contributed by atoms with van der Waals surface area (Å²) >= 11 is 0. The van der Waals surface area contributed by atoms with Crippen LogP contribution in [0.5, 0.6) is 0 Å². The van der Waals surface area contributed by atoms with Gasteiger partial charge in [0, 0.05) is 36.0 Å². The molecule has 0 bridgehead atoms. The third kappa shape index (κ3) is 6.44. The van der Waals surface area contributed by atoms with Crippen molar-refractivity contribution in [2.75, 3.05) is 26.4 Å². The Bertz CT molecular complexity index is 1420. The molecule has 9 heteroatoms. The van der Waals surface area contributed by atoms with Crippen LogP contribution in [0.25, 0.3) is 5.57 Å². The molecular weight excluding hydrogens is 595 g/mol. The Kier molecular flexibility index (Phi) is 8.91. The first kappa shape index (κ1) is 32.9. The van der Waals surface area contributed by atoms with Crippen LogP contribution in [0, 0.1) is 5.41 Å². The van der Waals surface area contributed by atoms with Gasteiger partial charge in [0.2, 0.25) is 0 Å². The number of alkyl halides is 3. The van der Waals surface area contributed by atoms with Crippen LogP contribution in [0.4, 0.5) is 13.2 Å². The molecule has 2 aliphatic heterocycles. The van der Waals surface area contributed by atoms with E-state index in [2.05, 4.69) is 39.9 Å². The maximum Gasteiger partial charge on any atom is 0.416 e. The molecule has 1 saturated carbocycles. The zero-order valence-electron chi connectivity index (χ0n) is 27.4. The van der Waals surface area contributed by atoms with Gasteiger partial charge in [-0.1, -0.05) is 45.4 Å². The molecule has 1 aromatic heterocycles. The second kappa shape index (κ2) is 12.2. The molecule has 2 atom stereocenters. The Morgan fingerprint density at radius 1 is 1.02 bits per heavy atom. The molecule has 1 aromatic carbocycles. The molecule has 5 nitrogen and oxygen atoms in total. The van der Waals surface area contributed by atoms with Gasteiger partial charge in [0.25, 0.3) is 0 Å². The molecule has 3 heterocycles. The molecule has 6 rings (SSSR count). The van der Waals surface area contributed by atoms with E-state index < -0.39 is 26.2 Å². The van der Waals surface area contributed by atoms with Crippen molar-refractivity contribution in [1.82, 2.24) is 4.98 Å². The van der Waals surface area contributed by atoms with Crippen molar-refractivity contribution in [3.63, 3.8) is 0 Å². The van der Waals surface area contributed by atoms with Gasteiger partial charge in [0.05, 0.1) is 30.6 Å². The zero-order chi connectivity index (χ0) is 32.2. The van der Waals surface area contributed by atoms with Crippen LogP contribution in [-0.2, 0) is 26.5 Å². The highest BCUT2D eigenvalue weighted by atomic mass is 28.4. The molecule has 2 fully saturated rings. The molecule has 2 aromatic rings. The fraction of sp³-hybridized carbons (Fsp3) is 0.639.